The van der Waals surface area contributed by atoms with Gasteiger partial charge in [0.05, 0.1) is 0 Å². The van der Waals surface area contributed by atoms with Crippen molar-refractivity contribution in [3.63, 3.8) is 0 Å². The minimum atomic E-state index is -1.08. The Morgan fingerprint density at radius 1 is 1.23 bits per heavy atom. The van der Waals surface area contributed by atoms with Crippen molar-refractivity contribution in [1.29, 1.82) is 0 Å². The fourth-order valence-electron chi connectivity index (χ4n) is 0.206. The molecule has 0 unspecified atom stereocenters. The molecule has 0 aliphatic carbocycles. The second-order valence-corrected chi connectivity index (χ2v) is 1.49. The number of carboxylic acid groups (broad SMARTS) is 1. The third-order valence-corrected chi connectivity index (χ3v) is 0.479. The molecule has 0 fully saturated rings. The molecule has 7 nitrogen and oxygen atoms in total. The average molecular weight is 202 g/mol. The van der Waals surface area contributed by atoms with Gasteiger partial charge in [-0.05, 0) is 6.92 Å². The zero-order valence-corrected chi connectivity index (χ0v) is 9.53. The van der Waals surface area contributed by atoms with Crippen molar-refractivity contribution in [3.8, 4) is 0 Å². The Labute approximate surface area is 97.4 Å². The first-order valence-corrected chi connectivity index (χ1v) is 2.95. The van der Waals surface area contributed by atoms with Gasteiger partial charge in [0.2, 0.25) is 0 Å². The standard InChI is InChI=1S/C3H8N2O3.C2H4O2.Na/c6-1-4-3(8)5-2-7;1-2(3)4;/h6-7H,1-2H2,(H2,4,5,8);1H3,(H,3,4);/q;;+1/p-1. The minimum absolute atomic E-state index is 0. The Balaban J connectivity index is -0.000000173. The number of aliphatic hydroxyl groups excluding tert-OH is 2. The maximum atomic E-state index is 10.1. The number of aliphatic hydroxyl groups is 2. The molecule has 13 heavy (non-hydrogen) atoms. The zero-order valence-electron chi connectivity index (χ0n) is 7.53. The smallest absolute Gasteiger partial charge is 0.550 e. The number of aliphatic carboxylic acids is 1. The zero-order chi connectivity index (χ0) is 9.98. The van der Waals surface area contributed by atoms with Gasteiger partial charge in [-0.15, -0.1) is 0 Å². The minimum Gasteiger partial charge on any atom is -0.550 e. The molecule has 0 aromatic rings. The van der Waals surface area contributed by atoms with Gasteiger partial charge in [0.15, 0.2) is 0 Å². The predicted octanol–water partition coefficient (Wildman–Crippen LogP) is -6.05. The van der Waals surface area contributed by atoms with E-state index < -0.39 is 25.5 Å². The monoisotopic (exact) mass is 202 g/mol. The average Bonchev–Trinajstić information content (AvgIpc) is 1.87. The Hall–Kier alpha value is -0.340. The molecule has 0 rings (SSSR count). The van der Waals surface area contributed by atoms with Gasteiger partial charge in [-0.2, -0.15) is 0 Å². The quantitative estimate of drug-likeness (QED) is 0.262. The fraction of sp³-hybridized carbons (Fsp3) is 0.600. The summed E-state index contributed by atoms with van der Waals surface area (Å²) in [6.07, 6.45) is 0. The maximum absolute atomic E-state index is 10.1. The molecular formula is C5H11N2NaO5. The summed E-state index contributed by atoms with van der Waals surface area (Å²) in [4.78, 5) is 19.0. The normalized spacial score (nSPS) is 7.00. The second kappa shape index (κ2) is 14.2. The van der Waals surface area contributed by atoms with Crippen LogP contribution >= 0.6 is 0 Å². The molecule has 0 saturated carbocycles. The van der Waals surface area contributed by atoms with Crippen LogP contribution in [0.1, 0.15) is 6.92 Å². The Morgan fingerprint density at radius 2 is 1.46 bits per heavy atom. The van der Waals surface area contributed by atoms with Crippen molar-refractivity contribution < 1.29 is 54.5 Å². The summed E-state index contributed by atoms with van der Waals surface area (Å²) in [5, 5.41) is 28.9. The Morgan fingerprint density at radius 3 is 1.62 bits per heavy atom. The fourth-order valence-corrected chi connectivity index (χ4v) is 0.206. The third kappa shape index (κ3) is 34.0. The number of carboxylic acids is 1. The van der Waals surface area contributed by atoms with Gasteiger partial charge < -0.3 is 30.7 Å². The number of carbonyl (C=O) groups is 2. The largest absolute Gasteiger partial charge is 1.00 e. The van der Waals surface area contributed by atoms with E-state index in [9.17, 15) is 4.79 Å². The number of urea groups is 1. The van der Waals surface area contributed by atoms with Crippen LogP contribution in [0.5, 0.6) is 0 Å². The summed E-state index contributed by atoms with van der Waals surface area (Å²) in [5.74, 6) is -1.08. The van der Waals surface area contributed by atoms with E-state index in [-0.39, 0.29) is 29.6 Å². The summed E-state index contributed by atoms with van der Waals surface area (Å²) in [6, 6.07) is -0.588. The van der Waals surface area contributed by atoms with Crippen LogP contribution in [0.25, 0.3) is 0 Å². The molecule has 0 aliphatic rings. The molecule has 0 heterocycles. The van der Waals surface area contributed by atoms with Crippen LogP contribution in [-0.4, -0.2) is 35.7 Å². The van der Waals surface area contributed by atoms with Gasteiger partial charge in [-0.25, -0.2) is 4.79 Å². The first kappa shape index (κ1) is 18.4. The van der Waals surface area contributed by atoms with Gasteiger partial charge in [-0.3, -0.25) is 0 Å². The summed E-state index contributed by atoms with van der Waals surface area (Å²) in [6.45, 7) is 0.123. The molecule has 0 spiro atoms. The molecule has 4 N–H and O–H groups in total. The molecule has 0 radical (unpaired) electrons. The number of hydrogen-bond acceptors (Lipinski definition) is 5. The molecule has 0 saturated heterocycles. The summed E-state index contributed by atoms with van der Waals surface area (Å²) in [7, 11) is 0. The number of rotatable bonds is 2. The summed E-state index contributed by atoms with van der Waals surface area (Å²) >= 11 is 0. The number of carbonyl (C=O) groups excluding carboxylic acids is 2. The topological polar surface area (TPSA) is 122 Å². The molecule has 72 valence electrons. The van der Waals surface area contributed by atoms with Crippen LogP contribution in [0.3, 0.4) is 0 Å². The molecule has 0 aromatic carbocycles. The third-order valence-electron chi connectivity index (χ3n) is 0.479. The Kier molecular flexibility index (Phi) is 20.1. The first-order valence-electron chi connectivity index (χ1n) is 2.95. The first-order chi connectivity index (χ1) is 5.54. The van der Waals surface area contributed by atoms with Crippen molar-refractivity contribution in [2.75, 3.05) is 13.5 Å². The van der Waals surface area contributed by atoms with Crippen molar-refractivity contribution in [1.82, 2.24) is 10.6 Å². The van der Waals surface area contributed by atoms with Crippen LogP contribution in [0, 0.1) is 0 Å². The predicted molar refractivity (Wildman–Crippen MR) is 36.5 cm³/mol. The summed E-state index contributed by atoms with van der Waals surface area (Å²) in [5.41, 5.74) is 0. The number of hydrogen-bond donors (Lipinski definition) is 4. The van der Waals surface area contributed by atoms with E-state index >= 15 is 0 Å². The molecule has 0 bridgehead atoms. The van der Waals surface area contributed by atoms with Gasteiger partial charge in [-0.1, -0.05) is 0 Å². The van der Waals surface area contributed by atoms with E-state index in [1.165, 1.54) is 0 Å². The number of amides is 2. The van der Waals surface area contributed by atoms with Crippen molar-refractivity contribution in [3.05, 3.63) is 0 Å². The van der Waals surface area contributed by atoms with Crippen LogP contribution in [0.2, 0.25) is 0 Å². The van der Waals surface area contributed by atoms with E-state index in [1.54, 1.807) is 0 Å². The molecular weight excluding hydrogens is 191 g/mol. The van der Waals surface area contributed by atoms with E-state index in [1.807, 2.05) is 10.6 Å². The molecule has 0 aliphatic heterocycles. The van der Waals surface area contributed by atoms with Crippen molar-refractivity contribution in [2.24, 2.45) is 0 Å². The number of nitrogens with one attached hydrogen (secondary N) is 2. The molecule has 0 aromatic heterocycles. The summed E-state index contributed by atoms with van der Waals surface area (Å²) < 4.78 is 0. The maximum Gasteiger partial charge on any atom is 1.00 e. The van der Waals surface area contributed by atoms with Crippen LogP contribution in [0.15, 0.2) is 0 Å². The van der Waals surface area contributed by atoms with Crippen LogP contribution in [0.4, 0.5) is 4.79 Å². The van der Waals surface area contributed by atoms with Crippen LogP contribution < -0.4 is 45.3 Å². The SMILES string of the molecule is CC(=O)[O-].O=C(NCO)NCO.[Na+]. The van der Waals surface area contributed by atoms with Gasteiger partial charge in [0.1, 0.15) is 13.5 Å². The van der Waals surface area contributed by atoms with Gasteiger partial charge in [0, 0.05) is 5.97 Å². The molecule has 2 amide bonds. The van der Waals surface area contributed by atoms with Crippen LogP contribution in [-0.2, 0) is 4.79 Å². The van der Waals surface area contributed by atoms with Crippen molar-refractivity contribution in [2.45, 2.75) is 6.92 Å². The van der Waals surface area contributed by atoms with Gasteiger partial charge >= 0.3 is 35.6 Å². The Bertz CT molecular complexity index is 131. The van der Waals surface area contributed by atoms with E-state index in [0.717, 1.165) is 6.92 Å². The van der Waals surface area contributed by atoms with Crippen molar-refractivity contribution >= 4 is 12.0 Å². The van der Waals surface area contributed by atoms with E-state index in [2.05, 4.69) is 0 Å². The second-order valence-electron chi connectivity index (χ2n) is 1.49. The van der Waals surface area contributed by atoms with E-state index in [4.69, 9.17) is 20.1 Å². The molecule has 8 heteroatoms. The van der Waals surface area contributed by atoms with Gasteiger partial charge in [0.25, 0.3) is 0 Å². The molecule has 0 atom stereocenters. The van der Waals surface area contributed by atoms with E-state index in [0.29, 0.717) is 0 Å².